The fourth-order valence-corrected chi connectivity index (χ4v) is 4.49. The minimum atomic E-state index is -1.51. The molecule has 1 aromatic carbocycles. The molecule has 1 unspecified atom stereocenters. The largest absolute Gasteiger partial charge is 0.294 e. The summed E-state index contributed by atoms with van der Waals surface area (Å²) in [7, 11) is -1.33. The Hall–Kier alpha value is -0.283. The predicted octanol–water partition coefficient (Wildman–Crippen LogP) is 6.92. The van der Waals surface area contributed by atoms with E-state index in [1.165, 1.54) is 0 Å². The van der Waals surface area contributed by atoms with Crippen molar-refractivity contribution in [3.05, 3.63) is 48.6 Å². The van der Waals surface area contributed by atoms with Crippen molar-refractivity contribution in [3.8, 4) is 0 Å². The number of carbonyl (C=O) groups is 1. The molecule has 1 atom stereocenters. The Morgan fingerprint density at radius 3 is 2.17 bits per heavy atom. The molecule has 128 valence electrons. The summed E-state index contributed by atoms with van der Waals surface area (Å²) in [6.45, 7) is 10.7. The summed E-state index contributed by atoms with van der Waals surface area (Å²) in [6, 6.07) is 10.2. The van der Waals surface area contributed by atoms with Crippen LogP contribution in [0.15, 0.2) is 43.0 Å². The van der Waals surface area contributed by atoms with E-state index in [0.717, 1.165) is 6.04 Å². The number of halogens is 3. The average molecular weight is 392 g/mol. The third-order valence-corrected chi connectivity index (χ3v) is 7.04. The van der Waals surface area contributed by atoms with Crippen molar-refractivity contribution in [1.29, 1.82) is 0 Å². The zero-order chi connectivity index (χ0) is 17.7. The number of hydrogen-bond acceptors (Lipinski definition) is 1. The lowest BCUT2D eigenvalue weighted by molar-refractivity contribution is 0.0906. The number of carbonyl (C=O) groups excluding carboxylic acids is 1. The molecule has 0 aliphatic heterocycles. The van der Waals surface area contributed by atoms with Crippen LogP contribution in [0.5, 0.6) is 0 Å². The fourth-order valence-electron chi connectivity index (χ4n) is 2.54. The molecule has 1 rings (SSSR count). The Bertz CT molecular complexity index is 531. The molecule has 5 heteroatoms. The Labute approximate surface area is 156 Å². The highest BCUT2D eigenvalue weighted by Crippen LogP contribution is 2.53. The van der Waals surface area contributed by atoms with Crippen LogP contribution in [-0.4, -0.2) is 17.6 Å². The molecule has 0 radical (unpaired) electrons. The van der Waals surface area contributed by atoms with Crippen molar-refractivity contribution in [2.75, 3.05) is 0 Å². The van der Waals surface area contributed by atoms with Gasteiger partial charge in [-0.1, -0.05) is 96.9 Å². The van der Waals surface area contributed by atoms with Crippen molar-refractivity contribution in [1.82, 2.24) is 0 Å². The van der Waals surface area contributed by atoms with Gasteiger partial charge in [-0.05, 0) is 12.8 Å². The lowest BCUT2D eigenvalue weighted by Crippen LogP contribution is -2.39. The maximum absolute atomic E-state index is 12.7. The molecule has 0 bridgehead atoms. The lowest BCUT2D eigenvalue weighted by Gasteiger charge is -2.40. The Balaban J connectivity index is 3.11. The van der Waals surface area contributed by atoms with E-state index in [0.29, 0.717) is 18.4 Å². The van der Waals surface area contributed by atoms with Gasteiger partial charge in [-0.2, -0.15) is 0 Å². The number of alkyl halides is 3. The average Bonchev–Trinajstić information content (AvgIpc) is 2.44. The number of rotatable bonds is 8. The maximum Gasteiger partial charge on any atom is 0.196 e. The van der Waals surface area contributed by atoms with E-state index < -0.39 is 17.3 Å². The standard InChI is InChI=1S/C18H25Cl3OSi/c1-5-11-17(18(19,20)21,12-13-23(2,3)4)14-16(22)15-9-7-6-8-10-15/h5-10H,1,11-14H2,2-4H3. The monoisotopic (exact) mass is 390 g/mol. The first-order valence-electron chi connectivity index (χ1n) is 7.77. The highest BCUT2D eigenvalue weighted by molar-refractivity contribution is 6.76. The van der Waals surface area contributed by atoms with Crippen molar-refractivity contribution in [2.45, 2.75) is 48.7 Å². The summed E-state index contributed by atoms with van der Waals surface area (Å²) in [6.07, 6.45) is 3.19. The third kappa shape index (κ3) is 6.26. The Morgan fingerprint density at radius 2 is 1.74 bits per heavy atom. The van der Waals surface area contributed by atoms with Crippen LogP contribution in [0.1, 0.15) is 29.6 Å². The van der Waals surface area contributed by atoms with Gasteiger partial charge >= 0.3 is 0 Å². The quantitative estimate of drug-likeness (QED) is 0.203. The normalized spacial score (nSPS) is 15.0. The molecule has 0 aromatic heterocycles. The summed E-state index contributed by atoms with van der Waals surface area (Å²) >= 11 is 19.0. The predicted molar refractivity (Wildman–Crippen MR) is 106 cm³/mol. The van der Waals surface area contributed by atoms with Gasteiger partial charge in [-0.15, -0.1) is 6.58 Å². The summed E-state index contributed by atoms with van der Waals surface area (Å²) in [5.74, 6) is 0.00866. The maximum atomic E-state index is 12.7. The number of hydrogen-bond donors (Lipinski definition) is 0. The minimum Gasteiger partial charge on any atom is -0.294 e. The van der Waals surface area contributed by atoms with Gasteiger partial charge in [-0.25, -0.2) is 0 Å². The number of Topliss-reactive ketones (excluding diaryl/α,β-unsaturated/α-hetero) is 1. The fraction of sp³-hybridized carbons (Fsp3) is 0.500. The van der Waals surface area contributed by atoms with Crippen LogP contribution in [0.2, 0.25) is 25.7 Å². The van der Waals surface area contributed by atoms with Gasteiger partial charge in [0.2, 0.25) is 0 Å². The molecule has 0 spiro atoms. The van der Waals surface area contributed by atoms with E-state index in [1.807, 2.05) is 18.2 Å². The molecule has 0 aliphatic rings. The molecule has 0 saturated carbocycles. The van der Waals surface area contributed by atoms with Crippen LogP contribution in [0.25, 0.3) is 0 Å². The second-order valence-electron chi connectivity index (χ2n) is 7.30. The van der Waals surface area contributed by atoms with Crippen LogP contribution in [0, 0.1) is 5.41 Å². The summed E-state index contributed by atoms with van der Waals surface area (Å²) in [5.41, 5.74) is -0.0599. The van der Waals surface area contributed by atoms with Crippen molar-refractivity contribution < 1.29 is 4.79 Å². The molecule has 1 aromatic rings. The molecular formula is C18H25Cl3OSi. The van der Waals surface area contributed by atoms with E-state index in [4.69, 9.17) is 34.8 Å². The summed E-state index contributed by atoms with van der Waals surface area (Å²) in [5, 5.41) is 0. The zero-order valence-electron chi connectivity index (χ0n) is 14.0. The van der Waals surface area contributed by atoms with E-state index in [9.17, 15) is 4.79 Å². The third-order valence-electron chi connectivity index (χ3n) is 4.08. The van der Waals surface area contributed by atoms with Crippen molar-refractivity contribution in [2.24, 2.45) is 5.41 Å². The van der Waals surface area contributed by atoms with Crippen molar-refractivity contribution in [3.63, 3.8) is 0 Å². The van der Waals surface area contributed by atoms with Crippen LogP contribution in [0.4, 0.5) is 0 Å². The van der Waals surface area contributed by atoms with E-state index in [1.54, 1.807) is 18.2 Å². The van der Waals surface area contributed by atoms with E-state index in [2.05, 4.69) is 26.2 Å². The van der Waals surface area contributed by atoms with Crippen LogP contribution in [-0.2, 0) is 0 Å². The highest BCUT2D eigenvalue weighted by atomic mass is 35.6. The minimum absolute atomic E-state index is 0.00866. The molecule has 0 aliphatic carbocycles. The smallest absolute Gasteiger partial charge is 0.196 e. The van der Waals surface area contributed by atoms with Gasteiger partial charge < -0.3 is 0 Å². The molecule has 0 N–H and O–H groups in total. The number of allylic oxidation sites excluding steroid dienone is 1. The zero-order valence-corrected chi connectivity index (χ0v) is 17.3. The second kappa shape index (κ2) is 8.20. The van der Waals surface area contributed by atoms with Gasteiger partial charge in [0.25, 0.3) is 0 Å². The van der Waals surface area contributed by atoms with E-state index in [-0.39, 0.29) is 12.2 Å². The molecule has 23 heavy (non-hydrogen) atoms. The Morgan fingerprint density at radius 1 is 1.17 bits per heavy atom. The first-order valence-corrected chi connectivity index (χ1v) is 12.6. The van der Waals surface area contributed by atoms with Gasteiger partial charge in [0, 0.05) is 25.5 Å². The first-order chi connectivity index (χ1) is 10.5. The SMILES string of the molecule is C=CCC(CC[Si](C)(C)C)(CC(=O)c1ccccc1)C(Cl)(Cl)Cl. The molecule has 0 saturated heterocycles. The lowest BCUT2D eigenvalue weighted by atomic mass is 9.77. The topological polar surface area (TPSA) is 17.1 Å². The first kappa shape index (κ1) is 20.8. The second-order valence-corrected chi connectivity index (χ2v) is 15.2. The van der Waals surface area contributed by atoms with Gasteiger partial charge in [0.1, 0.15) is 0 Å². The molecular weight excluding hydrogens is 367 g/mol. The van der Waals surface area contributed by atoms with Gasteiger partial charge in [0.05, 0.1) is 0 Å². The summed E-state index contributed by atoms with van der Waals surface area (Å²) in [4.78, 5) is 12.7. The van der Waals surface area contributed by atoms with Crippen LogP contribution in [0.3, 0.4) is 0 Å². The molecule has 1 nitrogen and oxygen atoms in total. The van der Waals surface area contributed by atoms with Gasteiger partial charge in [0.15, 0.2) is 9.58 Å². The molecule has 0 heterocycles. The van der Waals surface area contributed by atoms with Gasteiger partial charge in [-0.3, -0.25) is 4.79 Å². The molecule has 0 amide bonds. The number of benzene rings is 1. The molecule has 0 fully saturated rings. The Kier molecular flexibility index (Phi) is 7.40. The summed E-state index contributed by atoms with van der Waals surface area (Å²) < 4.78 is -1.51. The van der Waals surface area contributed by atoms with Crippen molar-refractivity contribution >= 4 is 48.7 Å². The van der Waals surface area contributed by atoms with E-state index >= 15 is 0 Å². The van der Waals surface area contributed by atoms with Crippen LogP contribution >= 0.6 is 34.8 Å². The highest BCUT2D eigenvalue weighted by Gasteiger charge is 2.48. The number of ketones is 1. The van der Waals surface area contributed by atoms with Crippen LogP contribution < -0.4 is 0 Å².